The van der Waals surface area contributed by atoms with Crippen LogP contribution in [0, 0.1) is 10.1 Å². The Balaban J connectivity index is 3.18. The molecular weight excluding hydrogens is 228 g/mol. The molecular formula is C9H14N4O4. The fraction of sp³-hybridized carbons (Fsp3) is 0.556. The number of rotatable bonds is 5. The van der Waals surface area contributed by atoms with Crippen LogP contribution in [0.25, 0.3) is 0 Å². The number of hydrogen-bond donors (Lipinski definition) is 1. The number of carbonyl (C=O) groups is 1. The Morgan fingerprint density at radius 3 is 2.76 bits per heavy atom. The highest BCUT2D eigenvalue weighted by Gasteiger charge is 2.30. The second-order valence-electron chi connectivity index (χ2n) is 3.63. The Morgan fingerprint density at radius 1 is 1.76 bits per heavy atom. The summed E-state index contributed by atoms with van der Waals surface area (Å²) in [5.41, 5.74) is 0. The van der Waals surface area contributed by atoms with Gasteiger partial charge in [-0.2, -0.15) is 0 Å². The van der Waals surface area contributed by atoms with E-state index in [0.29, 0.717) is 6.42 Å². The van der Waals surface area contributed by atoms with Crippen LogP contribution in [0.3, 0.4) is 0 Å². The minimum atomic E-state index is -1.02. The predicted octanol–water partition coefficient (Wildman–Crippen LogP) is 0.628. The third kappa shape index (κ3) is 2.35. The van der Waals surface area contributed by atoms with Crippen molar-refractivity contribution in [3.05, 3.63) is 16.4 Å². The molecule has 1 aromatic rings. The van der Waals surface area contributed by atoms with E-state index >= 15 is 0 Å². The van der Waals surface area contributed by atoms with Gasteiger partial charge in [0.05, 0.1) is 0 Å². The molecule has 0 fully saturated rings. The van der Waals surface area contributed by atoms with Gasteiger partial charge in [-0.1, -0.05) is 6.92 Å². The van der Waals surface area contributed by atoms with E-state index in [1.54, 1.807) is 14.0 Å². The highest BCUT2D eigenvalue weighted by Crippen LogP contribution is 2.26. The van der Waals surface area contributed by atoms with Crippen molar-refractivity contribution in [1.82, 2.24) is 9.55 Å². The summed E-state index contributed by atoms with van der Waals surface area (Å²) in [4.78, 5) is 26.2. The molecule has 8 heteroatoms. The molecule has 17 heavy (non-hydrogen) atoms. The van der Waals surface area contributed by atoms with E-state index in [-0.39, 0.29) is 11.6 Å². The van der Waals surface area contributed by atoms with Gasteiger partial charge in [-0.3, -0.25) is 4.57 Å². The van der Waals surface area contributed by atoms with Crippen molar-refractivity contribution in [2.45, 2.75) is 19.4 Å². The van der Waals surface area contributed by atoms with Crippen LogP contribution in [0.1, 0.15) is 13.3 Å². The van der Waals surface area contributed by atoms with Crippen molar-refractivity contribution in [3.8, 4) is 0 Å². The number of likely N-dealkylation sites (N-methyl/N-ethyl adjacent to an activating group) is 1. The summed E-state index contributed by atoms with van der Waals surface area (Å²) in [6.07, 6.45) is 1.63. The van der Waals surface area contributed by atoms with Crippen LogP contribution in [0.5, 0.6) is 0 Å². The Hall–Kier alpha value is -2.12. The molecule has 0 spiro atoms. The number of nitrogens with zero attached hydrogens (tertiary/aromatic N) is 4. The Bertz CT molecular complexity index is 442. The molecule has 0 aliphatic rings. The lowest BCUT2D eigenvalue weighted by Gasteiger charge is -2.24. The van der Waals surface area contributed by atoms with Crippen molar-refractivity contribution in [2.75, 3.05) is 11.9 Å². The smallest absolute Gasteiger partial charge is 0.406 e. The number of carboxylic acids is 1. The first-order valence-electron chi connectivity index (χ1n) is 5.01. The molecule has 0 radical (unpaired) electrons. The maximum absolute atomic E-state index is 11.0. The van der Waals surface area contributed by atoms with E-state index in [0.717, 1.165) is 0 Å². The highest BCUT2D eigenvalue weighted by atomic mass is 16.6. The van der Waals surface area contributed by atoms with Gasteiger partial charge in [0, 0.05) is 14.1 Å². The number of aliphatic carboxylic acids is 1. The summed E-state index contributed by atoms with van der Waals surface area (Å²) in [6, 6.07) is -0.816. The molecule has 0 aliphatic heterocycles. The zero-order valence-corrected chi connectivity index (χ0v) is 9.82. The fourth-order valence-corrected chi connectivity index (χ4v) is 1.71. The van der Waals surface area contributed by atoms with Crippen LogP contribution in [-0.2, 0) is 11.8 Å². The number of nitro groups is 1. The van der Waals surface area contributed by atoms with E-state index in [1.165, 1.54) is 22.8 Å². The van der Waals surface area contributed by atoms with Crippen molar-refractivity contribution in [2.24, 2.45) is 7.05 Å². The summed E-state index contributed by atoms with van der Waals surface area (Å²) in [5.74, 6) is -1.18. The van der Waals surface area contributed by atoms with Crippen LogP contribution in [0.2, 0.25) is 0 Å². The van der Waals surface area contributed by atoms with Gasteiger partial charge >= 0.3 is 11.8 Å². The first-order chi connectivity index (χ1) is 7.90. The fourth-order valence-electron chi connectivity index (χ4n) is 1.71. The van der Waals surface area contributed by atoms with Gasteiger partial charge in [-0.25, -0.2) is 4.79 Å². The van der Waals surface area contributed by atoms with Crippen LogP contribution in [-0.4, -0.2) is 38.6 Å². The van der Waals surface area contributed by atoms with E-state index in [1.807, 2.05) is 0 Å². The molecule has 1 unspecified atom stereocenters. The molecule has 1 rings (SSSR count). The molecule has 0 saturated heterocycles. The van der Waals surface area contributed by atoms with Crippen LogP contribution in [0.4, 0.5) is 11.6 Å². The quantitative estimate of drug-likeness (QED) is 0.600. The third-order valence-corrected chi connectivity index (χ3v) is 2.53. The Morgan fingerprint density at radius 2 is 2.35 bits per heavy atom. The normalized spacial score (nSPS) is 12.2. The monoisotopic (exact) mass is 242 g/mol. The second kappa shape index (κ2) is 4.81. The van der Waals surface area contributed by atoms with Gasteiger partial charge in [0.15, 0.2) is 0 Å². The largest absolute Gasteiger partial charge is 0.480 e. The average Bonchev–Trinajstić information content (AvgIpc) is 2.60. The summed E-state index contributed by atoms with van der Waals surface area (Å²) < 4.78 is 1.43. The topological polar surface area (TPSA) is 102 Å². The first kappa shape index (κ1) is 12.9. The molecule has 1 N–H and O–H groups in total. The van der Waals surface area contributed by atoms with Crippen molar-refractivity contribution < 1.29 is 14.8 Å². The average molecular weight is 242 g/mol. The van der Waals surface area contributed by atoms with E-state index in [4.69, 9.17) is 5.11 Å². The zero-order chi connectivity index (χ0) is 13.2. The number of anilines is 1. The molecule has 94 valence electrons. The van der Waals surface area contributed by atoms with Crippen LogP contribution >= 0.6 is 0 Å². The molecule has 8 nitrogen and oxygen atoms in total. The molecule has 0 aromatic carbocycles. The summed E-state index contributed by atoms with van der Waals surface area (Å²) in [7, 11) is 3.09. The van der Waals surface area contributed by atoms with Gasteiger partial charge in [0.25, 0.3) is 0 Å². The lowest BCUT2D eigenvalue weighted by atomic mass is 10.2. The number of hydrogen-bond acceptors (Lipinski definition) is 5. The highest BCUT2D eigenvalue weighted by molar-refractivity contribution is 5.78. The van der Waals surface area contributed by atoms with Crippen LogP contribution in [0.15, 0.2) is 6.33 Å². The summed E-state index contributed by atoms with van der Waals surface area (Å²) >= 11 is 0. The minimum Gasteiger partial charge on any atom is -0.480 e. The molecule has 0 bridgehead atoms. The standard InChI is InChI=1S/C9H14N4O4/c1-4-6(9(14)15)12(3)8-7(13(16)17)10-5-11(8)2/h5-6H,4H2,1-3H3,(H,14,15). The number of aryl methyl sites for hydroxylation is 1. The molecule has 0 aliphatic carbocycles. The molecule has 0 amide bonds. The van der Waals surface area contributed by atoms with E-state index < -0.39 is 16.9 Å². The molecule has 1 aromatic heterocycles. The second-order valence-corrected chi connectivity index (χ2v) is 3.63. The number of aromatic nitrogens is 2. The van der Waals surface area contributed by atoms with Gasteiger partial charge in [-0.05, 0) is 16.3 Å². The number of carboxylic acid groups (broad SMARTS) is 1. The maximum atomic E-state index is 11.0. The third-order valence-electron chi connectivity index (χ3n) is 2.53. The number of imidazole rings is 1. The van der Waals surface area contributed by atoms with E-state index in [2.05, 4.69) is 4.98 Å². The van der Waals surface area contributed by atoms with Crippen LogP contribution < -0.4 is 4.90 Å². The maximum Gasteiger partial charge on any atom is 0.406 e. The molecule has 1 atom stereocenters. The lowest BCUT2D eigenvalue weighted by Crippen LogP contribution is -2.39. The predicted molar refractivity (Wildman–Crippen MR) is 60.0 cm³/mol. The lowest BCUT2D eigenvalue weighted by molar-refractivity contribution is -0.388. The summed E-state index contributed by atoms with van der Waals surface area (Å²) in [5, 5.41) is 19.8. The van der Waals surface area contributed by atoms with Crippen molar-refractivity contribution in [1.29, 1.82) is 0 Å². The van der Waals surface area contributed by atoms with Gasteiger partial charge in [-0.15, -0.1) is 0 Å². The first-order valence-corrected chi connectivity index (χ1v) is 5.01. The zero-order valence-electron chi connectivity index (χ0n) is 9.82. The van der Waals surface area contributed by atoms with Gasteiger partial charge in [0.2, 0.25) is 12.1 Å². The Labute approximate surface area is 97.6 Å². The molecule has 0 saturated carbocycles. The minimum absolute atomic E-state index is 0.184. The van der Waals surface area contributed by atoms with E-state index in [9.17, 15) is 14.9 Å². The SMILES string of the molecule is CCC(C(=O)O)N(C)c1c([N+](=O)[O-])ncn1C. The molecule has 1 heterocycles. The van der Waals surface area contributed by atoms with Gasteiger partial charge in [0.1, 0.15) is 6.04 Å². The summed E-state index contributed by atoms with van der Waals surface area (Å²) in [6.45, 7) is 1.71. The van der Waals surface area contributed by atoms with Gasteiger partial charge < -0.3 is 20.1 Å². The van der Waals surface area contributed by atoms with Crippen molar-refractivity contribution in [3.63, 3.8) is 0 Å². The Kier molecular flexibility index (Phi) is 3.66. The van der Waals surface area contributed by atoms with Crippen molar-refractivity contribution >= 4 is 17.6 Å².